The Labute approximate surface area is 128 Å². The Morgan fingerprint density at radius 2 is 2.00 bits per heavy atom. The molecule has 21 heavy (non-hydrogen) atoms. The molecule has 0 bridgehead atoms. The summed E-state index contributed by atoms with van der Waals surface area (Å²) in [7, 11) is -3.78. The number of anilines is 1. The van der Waals surface area contributed by atoms with Crippen LogP contribution in [0.3, 0.4) is 0 Å². The summed E-state index contributed by atoms with van der Waals surface area (Å²) in [6, 6.07) is 7.25. The van der Waals surface area contributed by atoms with Crippen molar-refractivity contribution < 1.29 is 12.8 Å². The average molecular weight is 328 g/mol. The number of hydrogen-bond donors (Lipinski definition) is 2. The molecule has 0 saturated heterocycles. The largest absolute Gasteiger partial charge is 0.312 e. The summed E-state index contributed by atoms with van der Waals surface area (Å²) in [5.74, 6) is -0.595. The van der Waals surface area contributed by atoms with Crippen molar-refractivity contribution in [2.45, 2.75) is 24.8 Å². The van der Waals surface area contributed by atoms with Gasteiger partial charge in [0, 0.05) is 11.4 Å². The molecule has 1 heterocycles. The van der Waals surface area contributed by atoms with Gasteiger partial charge in [0.05, 0.1) is 5.69 Å². The Bertz CT molecular complexity index is 699. The van der Waals surface area contributed by atoms with E-state index < -0.39 is 15.8 Å². The summed E-state index contributed by atoms with van der Waals surface area (Å²) < 4.78 is 40.6. The van der Waals surface area contributed by atoms with Gasteiger partial charge in [0.1, 0.15) is 10.7 Å². The molecule has 0 aliphatic carbocycles. The minimum Gasteiger partial charge on any atom is -0.312 e. The summed E-state index contributed by atoms with van der Waals surface area (Å²) in [6.45, 7) is 3.34. The van der Waals surface area contributed by atoms with Crippen LogP contribution in [-0.2, 0) is 16.6 Å². The second-order valence-corrected chi connectivity index (χ2v) is 7.12. The average Bonchev–Trinajstić information content (AvgIpc) is 2.91. The molecule has 0 saturated carbocycles. The van der Waals surface area contributed by atoms with E-state index in [-0.39, 0.29) is 10.6 Å². The zero-order valence-corrected chi connectivity index (χ0v) is 13.2. The van der Waals surface area contributed by atoms with Crippen LogP contribution in [0.1, 0.15) is 18.2 Å². The third-order valence-corrected chi connectivity index (χ3v) is 5.32. The molecule has 2 N–H and O–H groups in total. The lowest BCUT2D eigenvalue weighted by Gasteiger charge is -2.10. The fourth-order valence-corrected chi connectivity index (χ4v) is 4.30. The first kappa shape index (κ1) is 15.9. The van der Waals surface area contributed by atoms with Gasteiger partial charge in [0.15, 0.2) is 0 Å². The Morgan fingerprint density at radius 1 is 1.24 bits per heavy atom. The standard InChI is InChI=1S/C14H17FN2O2S2/c1-2-8-16-10-13-14(7-9-20-13)21(18,19)17-12-6-4-3-5-11(12)15/h3-7,9,16-17H,2,8,10H2,1H3. The van der Waals surface area contributed by atoms with Gasteiger partial charge < -0.3 is 5.32 Å². The van der Waals surface area contributed by atoms with E-state index in [1.807, 2.05) is 6.92 Å². The quantitative estimate of drug-likeness (QED) is 0.768. The summed E-state index contributed by atoms with van der Waals surface area (Å²) in [4.78, 5) is 0.909. The topological polar surface area (TPSA) is 58.2 Å². The predicted octanol–water partition coefficient (Wildman–Crippen LogP) is 3.19. The fraction of sp³-hybridized carbons (Fsp3) is 0.286. The van der Waals surface area contributed by atoms with Crippen molar-refractivity contribution >= 4 is 27.0 Å². The van der Waals surface area contributed by atoms with E-state index in [0.717, 1.165) is 13.0 Å². The fourth-order valence-electron chi connectivity index (χ4n) is 1.82. The number of rotatable bonds is 7. The summed E-state index contributed by atoms with van der Waals surface area (Å²) in [5, 5.41) is 4.89. The maximum absolute atomic E-state index is 13.6. The lowest BCUT2D eigenvalue weighted by molar-refractivity contribution is 0.596. The van der Waals surface area contributed by atoms with Gasteiger partial charge in [0.25, 0.3) is 10.0 Å². The maximum atomic E-state index is 13.6. The van der Waals surface area contributed by atoms with Crippen molar-refractivity contribution in [2.24, 2.45) is 0 Å². The first-order valence-electron chi connectivity index (χ1n) is 6.59. The molecule has 0 unspecified atom stereocenters. The number of halogens is 1. The van der Waals surface area contributed by atoms with Crippen LogP contribution in [0.25, 0.3) is 0 Å². The highest BCUT2D eigenvalue weighted by Crippen LogP contribution is 2.25. The highest BCUT2D eigenvalue weighted by Gasteiger charge is 2.20. The van der Waals surface area contributed by atoms with Crippen molar-refractivity contribution in [3.63, 3.8) is 0 Å². The molecule has 7 heteroatoms. The van der Waals surface area contributed by atoms with Crippen molar-refractivity contribution in [3.05, 3.63) is 46.4 Å². The molecular formula is C14H17FN2O2S2. The Balaban J connectivity index is 2.20. The predicted molar refractivity (Wildman–Crippen MR) is 83.5 cm³/mol. The molecule has 0 aliphatic rings. The molecule has 0 atom stereocenters. The van der Waals surface area contributed by atoms with E-state index in [1.54, 1.807) is 11.4 Å². The highest BCUT2D eigenvalue weighted by molar-refractivity contribution is 7.93. The molecule has 0 spiro atoms. The molecule has 1 aromatic heterocycles. The molecule has 0 amide bonds. The van der Waals surface area contributed by atoms with Crippen LogP contribution in [0.15, 0.2) is 40.6 Å². The van der Waals surface area contributed by atoms with Gasteiger partial charge in [-0.25, -0.2) is 12.8 Å². The van der Waals surface area contributed by atoms with E-state index >= 15 is 0 Å². The van der Waals surface area contributed by atoms with Crippen LogP contribution < -0.4 is 10.0 Å². The smallest absolute Gasteiger partial charge is 0.263 e. The van der Waals surface area contributed by atoms with Gasteiger partial charge in [-0.1, -0.05) is 19.1 Å². The number of thiophene rings is 1. The van der Waals surface area contributed by atoms with Crippen LogP contribution in [-0.4, -0.2) is 15.0 Å². The van der Waals surface area contributed by atoms with Gasteiger partial charge in [0.2, 0.25) is 0 Å². The minimum atomic E-state index is -3.78. The first-order chi connectivity index (χ1) is 10.0. The van der Waals surface area contributed by atoms with E-state index in [2.05, 4.69) is 10.0 Å². The second-order valence-electron chi connectivity index (χ2n) is 4.47. The Kier molecular flexibility index (Phi) is 5.33. The third-order valence-electron chi connectivity index (χ3n) is 2.82. The van der Waals surface area contributed by atoms with Crippen LogP contribution >= 0.6 is 11.3 Å². The molecule has 1 aromatic carbocycles. The number of hydrogen-bond acceptors (Lipinski definition) is 4. The normalized spacial score (nSPS) is 11.5. The molecule has 0 aliphatic heterocycles. The molecule has 4 nitrogen and oxygen atoms in total. The zero-order valence-electron chi connectivity index (χ0n) is 11.6. The summed E-state index contributed by atoms with van der Waals surface area (Å²) in [6.07, 6.45) is 0.973. The van der Waals surface area contributed by atoms with E-state index in [4.69, 9.17) is 0 Å². The van der Waals surface area contributed by atoms with Crippen LogP contribution in [0.2, 0.25) is 0 Å². The van der Waals surface area contributed by atoms with Crippen molar-refractivity contribution in [2.75, 3.05) is 11.3 Å². The van der Waals surface area contributed by atoms with Crippen LogP contribution in [0.5, 0.6) is 0 Å². The van der Waals surface area contributed by atoms with E-state index in [9.17, 15) is 12.8 Å². The van der Waals surface area contributed by atoms with Gasteiger partial charge >= 0.3 is 0 Å². The van der Waals surface area contributed by atoms with Gasteiger partial charge in [-0.15, -0.1) is 11.3 Å². The van der Waals surface area contributed by atoms with Crippen molar-refractivity contribution in [1.82, 2.24) is 5.32 Å². The molecule has 114 valence electrons. The minimum absolute atomic E-state index is 0.0452. The highest BCUT2D eigenvalue weighted by atomic mass is 32.2. The molecular weight excluding hydrogens is 311 g/mol. The van der Waals surface area contributed by atoms with Crippen LogP contribution in [0, 0.1) is 5.82 Å². The van der Waals surface area contributed by atoms with Crippen molar-refractivity contribution in [3.8, 4) is 0 Å². The van der Waals surface area contributed by atoms with Gasteiger partial charge in [-0.05, 0) is 36.5 Å². The summed E-state index contributed by atoms with van der Waals surface area (Å²) >= 11 is 1.37. The van der Waals surface area contributed by atoms with Crippen LogP contribution in [0.4, 0.5) is 10.1 Å². The number of para-hydroxylation sites is 1. The van der Waals surface area contributed by atoms with Gasteiger partial charge in [-0.3, -0.25) is 4.72 Å². The second kappa shape index (κ2) is 7.02. The maximum Gasteiger partial charge on any atom is 0.263 e. The Morgan fingerprint density at radius 3 is 2.71 bits per heavy atom. The summed E-state index contributed by atoms with van der Waals surface area (Å²) in [5.41, 5.74) is -0.0452. The zero-order chi connectivity index (χ0) is 15.3. The lowest BCUT2D eigenvalue weighted by Crippen LogP contribution is -2.18. The van der Waals surface area contributed by atoms with Crippen molar-refractivity contribution in [1.29, 1.82) is 0 Å². The third kappa shape index (κ3) is 4.03. The molecule has 2 rings (SSSR count). The molecule has 2 aromatic rings. The molecule has 0 radical (unpaired) electrons. The Hall–Kier alpha value is -1.44. The number of nitrogens with one attached hydrogen (secondary N) is 2. The number of benzene rings is 1. The van der Waals surface area contributed by atoms with E-state index in [0.29, 0.717) is 11.4 Å². The molecule has 0 fully saturated rings. The van der Waals surface area contributed by atoms with E-state index in [1.165, 1.54) is 35.6 Å². The lowest BCUT2D eigenvalue weighted by atomic mass is 10.3. The SMILES string of the molecule is CCCNCc1sccc1S(=O)(=O)Nc1ccccc1F. The van der Waals surface area contributed by atoms with Gasteiger partial charge in [-0.2, -0.15) is 0 Å². The number of sulfonamides is 1. The monoisotopic (exact) mass is 328 g/mol. The first-order valence-corrected chi connectivity index (χ1v) is 8.95.